The zero-order valence-corrected chi connectivity index (χ0v) is 15.2. The first-order valence-corrected chi connectivity index (χ1v) is 8.69. The summed E-state index contributed by atoms with van der Waals surface area (Å²) in [4.78, 5) is 4.44. The van der Waals surface area contributed by atoms with Gasteiger partial charge in [-0.15, -0.1) is 24.0 Å². The summed E-state index contributed by atoms with van der Waals surface area (Å²) in [5.74, 6) is 2.01. The molecule has 1 saturated heterocycles. The number of halogens is 1. The Balaban J connectivity index is 0.00000220. The molecular formula is C13H22IN3O3S. The summed E-state index contributed by atoms with van der Waals surface area (Å²) in [7, 11) is -2.87. The van der Waals surface area contributed by atoms with Gasteiger partial charge in [0, 0.05) is 25.6 Å². The maximum absolute atomic E-state index is 11.4. The molecule has 0 aliphatic carbocycles. The number of hydrogen-bond acceptors (Lipinski definition) is 4. The summed E-state index contributed by atoms with van der Waals surface area (Å²) < 4.78 is 28.1. The second kappa shape index (κ2) is 8.62. The molecule has 0 saturated carbocycles. The van der Waals surface area contributed by atoms with Gasteiger partial charge >= 0.3 is 0 Å². The molecule has 2 N–H and O–H groups in total. The van der Waals surface area contributed by atoms with Gasteiger partial charge in [0.05, 0.1) is 17.8 Å². The van der Waals surface area contributed by atoms with Gasteiger partial charge in [0.1, 0.15) is 5.76 Å². The van der Waals surface area contributed by atoms with E-state index in [0.29, 0.717) is 18.9 Å². The fraction of sp³-hybridized carbons (Fsp3) is 0.615. The van der Waals surface area contributed by atoms with Crippen molar-refractivity contribution in [2.45, 2.75) is 25.8 Å². The minimum Gasteiger partial charge on any atom is -0.469 e. The Bertz CT molecular complexity index is 543. The zero-order valence-electron chi connectivity index (χ0n) is 12.0. The van der Waals surface area contributed by atoms with Crippen LogP contribution in [0.4, 0.5) is 0 Å². The maximum Gasteiger partial charge on any atom is 0.191 e. The standard InChI is InChI=1S/C13H21N3O3S.HI/c1-2-14-13(15-7-5-12-4-3-8-19-12)16-11-6-9-20(17,18)10-11;/h3-4,8,11H,2,5-7,9-10H2,1H3,(H2,14,15,16);1H. The largest absolute Gasteiger partial charge is 0.469 e. The van der Waals surface area contributed by atoms with Crippen molar-refractivity contribution in [1.82, 2.24) is 10.6 Å². The molecule has 1 aliphatic heterocycles. The molecule has 2 heterocycles. The smallest absolute Gasteiger partial charge is 0.191 e. The van der Waals surface area contributed by atoms with Crippen molar-refractivity contribution in [2.24, 2.45) is 4.99 Å². The van der Waals surface area contributed by atoms with Gasteiger partial charge in [-0.05, 0) is 25.5 Å². The fourth-order valence-corrected chi connectivity index (χ4v) is 3.83. The Kier molecular flexibility index (Phi) is 7.50. The van der Waals surface area contributed by atoms with Crippen molar-refractivity contribution in [3.8, 4) is 0 Å². The summed E-state index contributed by atoms with van der Waals surface area (Å²) in [6, 6.07) is 3.73. The summed E-state index contributed by atoms with van der Waals surface area (Å²) in [5, 5.41) is 6.31. The van der Waals surface area contributed by atoms with Crippen LogP contribution in [-0.2, 0) is 16.3 Å². The minimum atomic E-state index is -2.87. The summed E-state index contributed by atoms with van der Waals surface area (Å²) in [6.45, 7) is 3.32. The molecule has 6 nitrogen and oxygen atoms in total. The Morgan fingerprint density at radius 1 is 1.52 bits per heavy atom. The Morgan fingerprint density at radius 3 is 2.90 bits per heavy atom. The lowest BCUT2D eigenvalue weighted by Crippen LogP contribution is -2.44. The first kappa shape index (κ1) is 18.3. The Morgan fingerprint density at radius 2 is 2.33 bits per heavy atom. The van der Waals surface area contributed by atoms with Crippen LogP contribution < -0.4 is 10.6 Å². The highest BCUT2D eigenvalue weighted by molar-refractivity contribution is 14.0. The lowest BCUT2D eigenvalue weighted by atomic mass is 10.3. The third-order valence-corrected chi connectivity index (χ3v) is 4.89. The first-order valence-electron chi connectivity index (χ1n) is 6.87. The quantitative estimate of drug-likeness (QED) is 0.419. The average molecular weight is 427 g/mol. The predicted octanol–water partition coefficient (Wildman–Crippen LogP) is 1.18. The number of guanidine groups is 1. The number of aliphatic imine (C=N–C) groups is 1. The van der Waals surface area contributed by atoms with Gasteiger partial charge in [0.25, 0.3) is 0 Å². The van der Waals surface area contributed by atoms with Crippen LogP contribution in [0, 0.1) is 0 Å². The second-order valence-electron chi connectivity index (χ2n) is 4.83. The Hall–Kier alpha value is -0.770. The molecule has 1 fully saturated rings. The van der Waals surface area contributed by atoms with E-state index in [1.165, 1.54) is 0 Å². The molecule has 1 aromatic rings. The topological polar surface area (TPSA) is 83.7 Å². The van der Waals surface area contributed by atoms with Crippen LogP contribution in [-0.4, -0.2) is 45.0 Å². The lowest BCUT2D eigenvalue weighted by molar-refractivity contribution is 0.510. The number of sulfone groups is 1. The molecule has 0 radical (unpaired) electrons. The van der Waals surface area contributed by atoms with Crippen LogP contribution in [0.5, 0.6) is 0 Å². The summed E-state index contributed by atoms with van der Waals surface area (Å²) in [6.07, 6.45) is 3.02. The monoisotopic (exact) mass is 427 g/mol. The molecule has 0 aromatic carbocycles. The third kappa shape index (κ3) is 6.25. The van der Waals surface area contributed by atoms with Crippen molar-refractivity contribution in [3.05, 3.63) is 24.2 Å². The van der Waals surface area contributed by atoms with Crippen molar-refractivity contribution in [1.29, 1.82) is 0 Å². The molecule has 120 valence electrons. The number of hydrogen-bond donors (Lipinski definition) is 2. The van der Waals surface area contributed by atoms with E-state index in [1.54, 1.807) is 6.26 Å². The highest BCUT2D eigenvalue weighted by atomic mass is 127. The van der Waals surface area contributed by atoms with Crippen molar-refractivity contribution in [2.75, 3.05) is 24.6 Å². The first-order chi connectivity index (χ1) is 9.59. The number of nitrogens with zero attached hydrogens (tertiary/aromatic N) is 1. The van der Waals surface area contributed by atoms with Crippen molar-refractivity contribution >= 4 is 39.8 Å². The van der Waals surface area contributed by atoms with Crippen LogP contribution in [0.2, 0.25) is 0 Å². The van der Waals surface area contributed by atoms with Gasteiger partial charge in [0.2, 0.25) is 0 Å². The highest BCUT2D eigenvalue weighted by Gasteiger charge is 2.28. The van der Waals surface area contributed by atoms with E-state index in [9.17, 15) is 8.42 Å². The number of rotatable bonds is 5. The Labute approximate surface area is 142 Å². The van der Waals surface area contributed by atoms with Crippen LogP contribution in [0.3, 0.4) is 0 Å². The van der Waals surface area contributed by atoms with E-state index in [0.717, 1.165) is 18.7 Å². The van der Waals surface area contributed by atoms with E-state index < -0.39 is 9.84 Å². The molecule has 8 heteroatoms. The zero-order chi connectivity index (χ0) is 14.4. The fourth-order valence-electron chi connectivity index (χ4n) is 2.15. The minimum absolute atomic E-state index is 0. The molecule has 21 heavy (non-hydrogen) atoms. The number of furan rings is 1. The third-order valence-electron chi connectivity index (χ3n) is 3.13. The molecule has 0 spiro atoms. The van der Waals surface area contributed by atoms with Gasteiger partial charge < -0.3 is 15.1 Å². The van der Waals surface area contributed by atoms with Gasteiger partial charge in [-0.2, -0.15) is 0 Å². The van der Waals surface area contributed by atoms with Crippen molar-refractivity contribution < 1.29 is 12.8 Å². The molecule has 0 bridgehead atoms. The van der Waals surface area contributed by atoms with Crippen LogP contribution in [0.25, 0.3) is 0 Å². The maximum atomic E-state index is 11.4. The number of nitrogens with one attached hydrogen (secondary N) is 2. The van der Waals surface area contributed by atoms with Gasteiger partial charge in [-0.3, -0.25) is 4.99 Å². The normalized spacial score (nSPS) is 20.8. The van der Waals surface area contributed by atoms with Gasteiger partial charge in [-0.25, -0.2) is 8.42 Å². The van der Waals surface area contributed by atoms with Gasteiger partial charge in [-0.1, -0.05) is 0 Å². The SMILES string of the molecule is CCNC(=NCCc1ccco1)NC1CCS(=O)(=O)C1.I. The highest BCUT2D eigenvalue weighted by Crippen LogP contribution is 2.11. The molecule has 0 amide bonds. The molecular weight excluding hydrogens is 405 g/mol. The summed E-state index contributed by atoms with van der Waals surface area (Å²) in [5.41, 5.74) is 0. The van der Waals surface area contributed by atoms with E-state index in [-0.39, 0.29) is 41.5 Å². The van der Waals surface area contributed by atoms with Crippen molar-refractivity contribution in [3.63, 3.8) is 0 Å². The van der Waals surface area contributed by atoms with Crippen LogP contribution in [0.15, 0.2) is 27.8 Å². The van der Waals surface area contributed by atoms with E-state index in [1.807, 2.05) is 19.1 Å². The van der Waals surface area contributed by atoms with Gasteiger partial charge in [0.15, 0.2) is 15.8 Å². The average Bonchev–Trinajstić information content (AvgIpc) is 2.99. The van der Waals surface area contributed by atoms with E-state index >= 15 is 0 Å². The molecule has 1 aromatic heterocycles. The van der Waals surface area contributed by atoms with Crippen LogP contribution in [0.1, 0.15) is 19.1 Å². The molecule has 1 unspecified atom stereocenters. The molecule has 1 aliphatic rings. The predicted molar refractivity (Wildman–Crippen MR) is 94.0 cm³/mol. The van der Waals surface area contributed by atoms with Crippen LogP contribution >= 0.6 is 24.0 Å². The van der Waals surface area contributed by atoms with E-state index in [2.05, 4.69) is 15.6 Å². The molecule has 2 rings (SSSR count). The van der Waals surface area contributed by atoms with E-state index in [4.69, 9.17) is 4.42 Å². The summed E-state index contributed by atoms with van der Waals surface area (Å²) >= 11 is 0. The molecule has 1 atom stereocenters. The lowest BCUT2D eigenvalue weighted by Gasteiger charge is -2.15. The second-order valence-corrected chi connectivity index (χ2v) is 7.06.